The van der Waals surface area contributed by atoms with E-state index in [4.69, 9.17) is 28.4 Å². The highest BCUT2D eigenvalue weighted by Crippen LogP contribution is 2.35. The Morgan fingerprint density at radius 1 is 0.423 bits per heavy atom. The van der Waals surface area contributed by atoms with Crippen LogP contribution in [0.15, 0.2) is 121 Å². The van der Waals surface area contributed by atoms with Gasteiger partial charge >= 0.3 is 24.2 Å². The summed E-state index contributed by atoms with van der Waals surface area (Å²) in [6.07, 6.45) is -2.17. The molecule has 0 spiro atoms. The van der Waals surface area contributed by atoms with E-state index in [1.165, 1.54) is 31.2 Å². The first-order chi connectivity index (χ1) is 24.7. The van der Waals surface area contributed by atoms with Gasteiger partial charge in [0.05, 0.1) is 12.7 Å². The van der Waals surface area contributed by atoms with Crippen LogP contribution >= 0.6 is 0 Å². The summed E-state index contributed by atoms with van der Waals surface area (Å²) in [7, 11) is 1.62. The summed E-state index contributed by atoms with van der Waals surface area (Å²) in [6.45, 7) is 9.60. The zero-order chi connectivity index (χ0) is 37.5. The van der Waals surface area contributed by atoms with Crippen molar-refractivity contribution >= 4 is 24.2 Å². The van der Waals surface area contributed by atoms with E-state index in [2.05, 4.69) is 13.8 Å². The van der Waals surface area contributed by atoms with E-state index in [0.29, 0.717) is 11.5 Å². The predicted molar refractivity (Wildman–Crippen MR) is 192 cm³/mol. The Labute approximate surface area is 301 Å². The highest BCUT2D eigenvalue weighted by molar-refractivity contribution is 5.95. The van der Waals surface area contributed by atoms with E-state index in [1.807, 2.05) is 62.4 Å². The summed E-state index contributed by atoms with van der Waals surface area (Å²) < 4.78 is 31.0. The standard InChI is InChI=1S/C42H38O10/c1-27(43)48-34-21-11-30(12-22-34)42(4,5)32-15-25-37(26-16-32)51-40(46)52-38(44)28-7-17-35(18-8-28)49-39(45)50-36-23-13-31(14-24-36)41(2,3)29-9-19-33(47-6)20-10-29/h7-26H,1-6H3. The van der Waals surface area contributed by atoms with Crippen LogP contribution in [0.1, 0.15) is 67.2 Å². The lowest BCUT2D eigenvalue weighted by molar-refractivity contribution is -0.131. The topological polar surface area (TPSA) is 124 Å². The van der Waals surface area contributed by atoms with E-state index < -0.39 is 29.7 Å². The van der Waals surface area contributed by atoms with Crippen molar-refractivity contribution in [3.8, 4) is 28.7 Å². The molecule has 0 saturated carbocycles. The molecule has 0 saturated heterocycles. The van der Waals surface area contributed by atoms with Crippen LogP contribution in [-0.2, 0) is 20.4 Å². The molecule has 0 atom stereocenters. The summed E-state index contributed by atoms with van der Waals surface area (Å²) in [5, 5.41) is 0. The molecule has 0 aliphatic heterocycles. The molecule has 5 aromatic rings. The van der Waals surface area contributed by atoms with Gasteiger partial charge in [-0.3, -0.25) is 4.79 Å². The molecule has 266 valence electrons. The molecule has 5 aromatic carbocycles. The van der Waals surface area contributed by atoms with Gasteiger partial charge in [-0.15, -0.1) is 0 Å². The minimum atomic E-state index is -1.21. The van der Waals surface area contributed by atoms with Crippen LogP contribution in [0.2, 0.25) is 0 Å². The molecule has 0 aromatic heterocycles. The molecule has 0 heterocycles. The van der Waals surface area contributed by atoms with Gasteiger partial charge in [-0.1, -0.05) is 76.2 Å². The second-order valence-corrected chi connectivity index (χ2v) is 12.9. The number of benzene rings is 5. The lowest BCUT2D eigenvalue weighted by Gasteiger charge is -2.26. The smallest absolute Gasteiger partial charge is 0.497 e. The number of carbonyl (C=O) groups excluding carboxylic acids is 4. The average molecular weight is 703 g/mol. The van der Waals surface area contributed by atoms with Crippen LogP contribution in [0, 0.1) is 0 Å². The molecule has 0 amide bonds. The quantitative estimate of drug-likeness (QED) is 0.0602. The summed E-state index contributed by atoms with van der Waals surface area (Å²) >= 11 is 0. The zero-order valence-corrected chi connectivity index (χ0v) is 29.6. The van der Waals surface area contributed by atoms with E-state index in [-0.39, 0.29) is 22.5 Å². The van der Waals surface area contributed by atoms with Gasteiger partial charge in [-0.2, -0.15) is 0 Å². The number of carbonyl (C=O) groups is 4. The van der Waals surface area contributed by atoms with Crippen LogP contribution in [0.3, 0.4) is 0 Å². The fourth-order valence-corrected chi connectivity index (χ4v) is 5.45. The van der Waals surface area contributed by atoms with Gasteiger partial charge in [0.15, 0.2) is 0 Å². The molecule has 0 radical (unpaired) electrons. The third kappa shape index (κ3) is 9.02. The molecule has 10 heteroatoms. The van der Waals surface area contributed by atoms with E-state index in [1.54, 1.807) is 55.6 Å². The summed E-state index contributed by atoms with van der Waals surface area (Å²) in [6, 6.07) is 34.4. The molecule has 0 N–H and O–H groups in total. The van der Waals surface area contributed by atoms with Gasteiger partial charge in [0.2, 0.25) is 0 Å². The number of hydrogen-bond acceptors (Lipinski definition) is 10. The summed E-state index contributed by atoms with van der Waals surface area (Å²) in [5.41, 5.74) is 3.33. The van der Waals surface area contributed by atoms with Crippen molar-refractivity contribution in [2.24, 2.45) is 0 Å². The van der Waals surface area contributed by atoms with Crippen molar-refractivity contribution in [3.05, 3.63) is 149 Å². The average Bonchev–Trinajstić information content (AvgIpc) is 3.12. The third-order valence-electron chi connectivity index (χ3n) is 8.67. The molecule has 0 fully saturated rings. The van der Waals surface area contributed by atoms with Crippen LogP contribution in [-0.4, -0.2) is 31.4 Å². The van der Waals surface area contributed by atoms with Crippen LogP contribution in [0.25, 0.3) is 0 Å². The lowest BCUT2D eigenvalue weighted by Crippen LogP contribution is -2.19. The van der Waals surface area contributed by atoms with Crippen molar-refractivity contribution in [1.82, 2.24) is 0 Å². The Morgan fingerprint density at radius 3 is 1.08 bits per heavy atom. The van der Waals surface area contributed by atoms with Crippen LogP contribution < -0.4 is 23.7 Å². The molecule has 0 aliphatic rings. The van der Waals surface area contributed by atoms with Gasteiger partial charge < -0.3 is 28.4 Å². The fourth-order valence-electron chi connectivity index (χ4n) is 5.45. The monoisotopic (exact) mass is 702 g/mol. The number of esters is 2. The van der Waals surface area contributed by atoms with E-state index >= 15 is 0 Å². The third-order valence-corrected chi connectivity index (χ3v) is 8.67. The second-order valence-electron chi connectivity index (χ2n) is 12.9. The van der Waals surface area contributed by atoms with Crippen molar-refractivity contribution in [1.29, 1.82) is 0 Å². The van der Waals surface area contributed by atoms with Gasteiger partial charge in [0, 0.05) is 17.8 Å². The largest absolute Gasteiger partial charge is 0.521 e. The molecule has 0 bridgehead atoms. The molecule has 10 nitrogen and oxygen atoms in total. The minimum Gasteiger partial charge on any atom is -0.497 e. The highest BCUT2D eigenvalue weighted by atomic mass is 16.7. The Balaban J connectivity index is 1.10. The van der Waals surface area contributed by atoms with E-state index in [9.17, 15) is 19.2 Å². The predicted octanol–water partition coefficient (Wildman–Crippen LogP) is 9.21. The Kier molecular flexibility index (Phi) is 11.1. The van der Waals surface area contributed by atoms with Crippen molar-refractivity contribution in [2.45, 2.75) is 45.4 Å². The van der Waals surface area contributed by atoms with Crippen LogP contribution in [0.5, 0.6) is 28.7 Å². The maximum absolute atomic E-state index is 12.6. The second kappa shape index (κ2) is 15.6. The molecule has 0 unspecified atom stereocenters. The summed E-state index contributed by atoms with van der Waals surface area (Å²) in [5.74, 6) is 0.480. The number of hydrogen-bond donors (Lipinski definition) is 0. The first-order valence-electron chi connectivity index (χ1n) is 16.3. The SMILES string of the molecule is COc1ccc(C(C)(C)c2ccc(OC(=O)Oc3ccc(C(=O)OC(=O)Oc4ccc(C(C)(C)c5ccc(OC(C)=O)cc5)cc4)cc3)cc2)cc1. The summed E-state index contributed by atoms with van der Waals surface area (Å²) in [4.78, 5) is 48.6. The maximum Gasteiger partial charge on any atom is 0.521 e. The first-order valence-corrected chi connectivity index (χ1v) is 16.3. The molecule has 5 rings (SSSR count). The fraction of sp³-hybridized carbons (Fsp3) is 0.190. The molecule has 52 heavy (non-hydrogen) atoms. The maximum atomic E-state index is 12.6. The van der Waals surface area contributed by atoms with E-state index in [0.717, 1.165) is 28.0 Å². The normalized spacial score (nSPS) is 11.2. The Hall–Kier alpha value is -6.42. The van der Waals surface area contributed by atoms with Crippen molar-refractivity contribution < 1.29 is 47.6 Å². The number of methoxy groups -OCH3 is 1. The highest BCUT2D eigenvalue weighted by Gasteiger charge is 2.25. The van der Waals surface area contributed by atoms with Gasteiger partial charge in [-0.05, 0) is 95.1 Å². The zero-order valence-electron chi connectivity index (χ0n) is 29.6. The molecular formula is C42H38O10. The van der Waals surface area contributed by atoms with Gasteiger partial charge in [-0.25, -0.2) is 14.4 Å². The van der Waals surface area contributed by atoms with Gasteiger partial charge in [0.1, 0.15) is 28.7 Å². The molecule has 0 aliphatic carbocycles. The van der Waals surface area contributed by atoms with Crippen LogP contribution in [0.4, 0.5) is 9.59 Å². The van der Waals surface area contributed by atoms with Crippen molar-refractivity contribution in [2.75, 3.05) is 7.11 Å². The first kappa shape index (κ1) is 36.9. The minimum absolute atomic E-state index is 0.0320. The molecular weight excluding hydrogens is 664 g/mol. The number of rotatable bonds is 10. The Bertz CT molecular complexity index is 2030. The van der Waals surface area contributed by atoms with Gasteiger partial charge in [0.25, 0.3) is 0 Å². The lowest BCUT2D eigenvalue weighted by atomic mass is 9.78. The number of ether oxygens (including phenoxy) is 6. The van der Waals surface area contributed by atoms with Crippen molar-refractivity contribution in [3.63, 3.8) is 0 Å². The Morgan fingerprint density at radius 2 is 0.731 bits per heavy atom.